The van der Waals surface area contributed by atoms with Crippen LogP contribution in [0.4, 0.5) is 0 Å². The van der Waals surface area contributed by atoms with Crippen LogP contribution in [0.1, 0.15) is 24.2 Å². The fourth-order valence-electron chi connectivity index (χ4n) is 4.01. The van der Waals surface area contributed by atoms with Gasteiger partial charge in [-0.25, -0.2) is 4.98 Å². The summed E-state index contributed by atoms with van der Waals surface area (Å²) in [5, 5.41) is 3.49. The SMILES string of the molecule is Cc1ccc(-c2cnc3n2CCN(C)C32CCNCC2)cc1. The number of aromatic nitrogens is 2. The molecule has 22 heavy (non-hydrogen) atoms. The Hall–Kier alpha value is -1.65. The van der Waals surface area contributed by atoms with Gasteiger partial charge in [-0.3, -0.25) is 4.90 Å². The molecule has 1 N–H and O–H groups in total. The van der Waals surface area contributed by atoms with E-state index < -0.39 is 0 Å². The number of aryl methyl sites for hydroxylation is 1. The first-order valence-corrected chi connectivity index (χ1v) is 8.26. The molecule has 4 rings (SSSR count). The van der Waals surface area contributed by atoms with Crippen LogP contribution in [0.25, 0.3) is 11.3 Å². The van der Waals surface area contributed by atoms with E-state index in [4.69, 9.17) is 4.98 Å². The summed E-state index contributed by atoms with van der Waals surface area (Å²) in [5.41, 5.74) is 3.96. The third-order valence-electron chi connectivity index (χ3n) is 5.44. The molecular weight excluding hydrogens is 272 g/mol. The molecule has 116 valence electrons. The van der Waals surface area contributed by atoms with Crippen molar-refractivity contribution in [2.24, 2.45) is 0 Å². The Morgan fingerprint density at radius 2 is 1.82 bits per heavy atom. The highest BCUT2D eigenvalue weighted by Crippen LogP contribution is 2.40. The summed E-state index contributed by atoms with van der Waals surface area (Å²) in [7, 11) is 2.26. The van der Waals surface area contributed by atoms with Gasteiger partial charge in [0.2, 0.25) is 0 Å². The molecule has 1 spiro atoms. The van der Waals surface area contributed by atoms with Crippen LogP contribution in [-0.2, 0) is 12.1 Å². The van der Waals surface area contributed by atoms with Gasteiger partial charge in [0, 0.05) is 13.1 Å². The predicted molar refractivity (Wildman–Crippen MR) is 88.8 cm³/mol. The number of rotatable bonds is 1. The molecule has 1 fully saturated rings. The summed E-state index contributed by atoms with van der Waals surface area (Å²) in [4.78, 5) is 7.40. The van der Waals surface area contributed by atoms with Crippen molar-refractivity contribution in [2.45, 2.75) is 31.8 Å². The maximum atomic E-state index is 4.88. The zero-order chi connectivity index (χ0) is 15.2. The van der Waals surface area contributed by atoms with Crippen LogP contribution in [-0.4, -0.2) is 41.1 Å². The molecule has 4 heteroatoms. The molecule has 0 unspecified atom stereocenters. The van der Waals surface area contributed by atoms with Gasteiger partial charge in [0.15, 0.2) is 0 Å². The second-order valence-corrected chi connectivity index (χ2v) is 6.69. The molecule has 0 bridgehead atoms. The van der Waals surface area contributed by atoms with Crippen LogP contribution in [0.15, 0.2) is 30.5 Å². The number of piperidine rings is 1. The van der Waals surface area contributed by atoms with Crippen LogP contribution in [0.5, 0.6) is 0 Å². The molecule has 2 aliphatic heterocycles. The van der Waals surface area contributed by atoms with Crippen LogP contribution < -0.4 is 5.32 Å². The van der Waals surface area contributed by atoms with Gasteiger partial charge in [0.1, 0.15) is 5.82 Å². The molecule has 2 aliphatic rings. The van der Waals surface area contributed by atoms with Crippen molar-refractivity contribution in [2.75, 3.05) is 26.7 Å². The first-order chi connectivity index (χ1) is 10.7. The minimum atomic E-state index is 0.118. The predicted octanol–water partition coefficient (Wildman–Crippen LogP) is 2.38. The summed E-state index contributed by atoms with van der Waals surface area (Å²) in [6.07, 6.45) is 4.37. The molecule has 0 saturated carbocycles. The average molecular weight is 296 g/mol. The first-order valence-electron chi connectivity index (χ1n) is 8.26. The van der Waals surface area contributed by atoms with Crippen molar-refractivity contribution in [3.63, 3.8) is 0 Å². The van der Waals surface area contributed by atoms with Crippen molar-refractivity contribution < 1.29 is 0 Å². The second-order valence-electron chi connectivity index (χ2n) is 6.69. The van der Waals surface area contributed by atoms with Crippen LogP contribution in [0.2, 0.25) is 0 Å². The Kier molecular flexibility index (Phi) is 3.31. The van der Waals surface area contributed by atoms with E-state index in [1.54, 1.807) is 0 Å². The molecular formula is C18H24N4. The van der Waals surface area contributed by atoms with E-state index in [1.165, 1.54) is 22.6 Å². The minimum Gasteiger partial charge on any atom is -0.325 e. The first kappa shape index (κ1) is 14.0. The molecule has 1 saturated heterocycles. The Labute approximate surface area is 132 Å². The number of fused-ring (bicyclic) bond motifs is 2. The average Bonchev–Trinajstić information content (AvgIpc) is 2.98. The maximum absolute atomic E-state index is 4.88. The van der Waals surface area contributed by atoms with E-state index in [2.05, 4.69) is 59.2 Å². The Morgan fingerprint density at radius 3 is 2.55 bits per heavy atom. The summed E-state index contributed by atoms with van der Waals surface area (Å²) in [5.74, 6) is 1.26. The van der Waals surface area contributed by atoms with Gasteiger partial charge in [0.25, 0.3) is 0 Å². The van der Waals surface area contributed by atoms with Gasteiger partial charge in [-0.2, -0.15) is 0 Å². The quantitative estimate of drug-likeness (QED) is 0.877. The lowest BCUT2D eigenvalue weighted by atomic mass is 9.84. The molecule has 1 aromatic carbocycles. The van der Waals surface area contributed by atoms with E-state index in [0.29, 0.717) is 0 Å². The molecule has 3 heterocycles. The fraction of sp³-hybridized carbons (Fsp3) is 0.500. The fourth-order valence-corrected chi connectivity index (χ4v) is 4.01. The lowest BCUT2D eigenvalue weighted by Gasteiger charge is -2.47. The Morgan fingerprint density at radius 1 is 1.09 bits per heavy atom. The van der Waals surface area contributed by atoms with Crippen molar-refractivity contribution in [3.8, 4) is 11.3 Å². The standard InChI is InChI=1S/C18H24N4/c1-14-3-5-15(6-4-14)16-13-20-17-18(7-9-19-10-8-18)21(2)11-12-22(16)17/h3-6,13,19H,7-12H2,1-2H3. The zero-order valence-electron chi connectivity index (χ0n) is 13.5. The molecule has 1 aromatic heterocycles. The summed E-state index contributed by atoms with van der Waals surface area (Å²) >= 11 is 0. The molecule has 4 nitrogen and oxygen atoms in total. The van der Waals surface area contributed by atoms with E-state index in [1.807, 2.05) is 0 Å². The van der Waals surface area contributed by atoms with Crippen molar-refractivity contribution in [3.05, 3.63) is 41.9 Å². The molecule has 2 aromatic rings. The third-order valence-corrected chi connectivity index (χ3v) is 5.44. The Bertz CT molecular complexity index is 665. The topological polar surface area (TPSA) is 33.1 Å². The Balaban J connectivity index is 1.80. The highest BCUT2D eigenvalue weighted by Gasteiger charge is 2.44. The van der Waals surface area contributed by atoms with E-state index in [9.17, 15) is 0 Å². The van der Waals surface area contributed by atoms with Crippen LogP contribution >= 0.6 is 0 Å². The largest absolute Gasteiger partial charge is 0.325 e. The summed E-state index contributed by atoms with van der Waals surface area (Å²) in [6, 6.07) is 8.80. The van der Waals surface area contributed by atoms with E-state index >= 15 is 0 Å². The summed E-state index contributed by atoms with van der Waals surface area (Å²) < 4.78 is 2.45. The zero-order valence-corrected chi connectivity index (χ0v) is 13.5. The lowest BCUT2D eigenvalue weighted by molar-refractivity contribution is 0.0440. The van der Waals surface area contributed by atoms with E-state index in [-0.39, 0.29) is 5.54 Å². The van der Waals surface area contributed by atoms with Gasteiger partial charge >= 0.3 is 0 Å². The normalized spacial score (nSPS) is 21.0. The third kappa shape index (κ3) is 2.02. The number of hydrogen-bond donors (Lipinski definition) is 1. The monoisotopic (exact) mass is 296 g/mol. The lowest BCUT2D eigenvalue weighted by Crippen LogP contribution is -2.55. The van der Waals surface area contributed by atoms with Crippen LogP contribution in [0.3, 0.4) is 0 Å². The van der Waals surface area contributed by atoms with E-state index in [0.717, 1.165) is 39.0 Å². The van der Waals surface area contributed by atoms with Gasteiger partial charge < -0.3 is 9.88 Å². The number of nitrogens with one attached hydrogen (secondary N) is 1. The highest BCUT2D eigenvalue weighted by molar-refractivity contribution is 5.60. The highest BCUT2D eigenvalue weighted by atomic mass is 15.3. The van der Waals surface area contributed by atoms with Crippen molar-refractivity contribution in [1.82, 2.24) is 19.8 Å². The van der Waals surface area contributed by atoms with Gasteiger partial charge in [0.05, 0.1) is 17.4 Å². The number of benzene rings is 1. The smallest absolute Gasteiger partial charge is 0.129 e. The van der Waals surface area contributed by atoms with Crippen molar-refractivity contribution in [1.29, 1.82) is 0 Å². The maximum Gasteiger partial charge on any atom is 0.129 e. The molecule has 0 atom stereocenters. The second kappa shape index (κ2) is 5.21. The van der Waals surface area contributed by atoms with Crippen LogP contribution in [0, 0.1) is 6.92 Å². The van der Waals surface area contributed by atoms with Gasteiger partial charge in [-0.1, -0.05) is 29.8 Å². The number of hydrogen-bond acceptors (Lipinski definition) is 3. The van der Waals surface area contributed by atoms with Gasteiger partial charge in [-0.15, -0.1) is 0 Å². The number of nitrogens with zero attached hydrogens (tertiary/aromatic N) is 3. The molecule has 0 aliphatic carbocycles. The number of imidazole rings is 1. The van der Waals surface area contributed by atoms with Gasteiger partial charge in [-0.05, 0) is 45.5 Å². The van der Waals surface area contributed by atoms with Crippen molar-refractivity contribution >= 4 is 0 Å². The molecule has 0 amide bonds. The number of likely N-dealkylation sites (N-methyl/N-ethyl adjacent to an activating group) is 1. The minimum absolute atomic E-state index is 0.118. The molecule has 0 radical (unpaired) electrons. The summed E-state index contributed by atoms with van der Waals surface area (Å²) in [6.45, 7) is 6.43.